The molecule has 0 atom stereocenters. The molecule has 82 valence electrons. The van der Waals surface area contributed by atoms with Crippen LogP contribution in [0.1, 0.15) is 12.6 Å². The van der Waals surface area contributed by atoms with Crippen molar-refractivity contribution in [1.29, 1.82) is 0 Å². The van der Waals surface area contributed by atoms with Crippen molar-refractivity contribution < 1.29 is 0 Å². The monoisotopic (exact) mass is 222 g/mol. The largest absolute Gasteiger partial charge is 0.294 e. The number of nitrogens with zero attached hydrogens (tertiary/aromatic N) is 2. The fourth-order valence-corrected chi connectivity index (χ4v) is 1.47. The average Bonchev–Trinajstić information content (AvgIpc) is 2.29. The standard InChI is InChI=1S/C12H18N2S/c1-2-14(9-5-6-10-15)11-12-7-3-4-8-13-12/h3-8,15H,2,9-11H2,1H3. The number of aromatic nitrogens is 1. The SMILES string of the molecule is CCN(CC=CCS)Cc1ccccn1. The van der Waals surface area contributed by atoms with Crippen molar-refractivity contribution in [2.24, 2.45) is 0 Å². The molecule has 0 radical (unpaired) electrons. The van der Waals surface area contributed by atoms with Crippen LogP contribution in [0.3, 0.4) is 0 Å². The van der Waals surface area contributed by atoms with E-state index in [1.54, 1.807) is 0 Å². The predicted molar refractivity (Wildman–Crippen MR) is 68.2 cm³/mol. The summed E-state index contributed by atoms with van der Waals surface area (Å²) in [6, 6.07) is 6.03. The molecule has 3 heteroatoms. The minimum atomic E-state index is 0.807. The summed E-state index contributed by atoms with van der Waals surface area (Å²) in [6.07, 6.45) is 6.07. The first kappa shape index (κ1) is 12.3. The van der Waals surface area contributed by atoms with Gasteiger partial charge in [0.2, 0.25) is 0 Å². The number of thiol groups is 1. The summed E-state index contributed by atoms with van der Waals surface area (Å²) in [5, 5.41) is 0. The lowest BCUT2D eigenvalue weighted by molar-refractivity contribution is 0.307. The Labute approximate surface area is 97.4 Å². The highest BCUT2D eigenvalue weighted by Crippen LogP contribution is 2.00. The van der Waals surface area contributed by atoms with Gasteiger partial charge in [-0.15, -0.1) is 0 Å². The zero-order valence-electron chi connectivity index (χ0n) is 9.13. The molecular formula is C12H18N2S. The summed E-state index contributed by atoms with van der Waals surface area (Å²) in [7, 11) is 0. The zero-order chi connectivity index (χ0) is 10.9. The van der Waals surface area contributed by atoms with Gasteiger partial charge in [-0.2, -0.15) is 12.6 Å². The van der Waals surface area contributed by atoms with Crippen LogP contribution >= 0.6 is 12.6 Å². The Morgan fingerprint density at radius 1 is 1.40 bits per heavy atom. The van der Waals surface area contributed by atoms with Crippen molar-refractivity contribution >= 4 is 12.6 Å². The van der Waals surface area contributed by atoms with E-state index in [0.717, 1.165) is 31.1 Å². The Hall–Kier alpha value is -0.800. The van der Waals surface area contributed by atoms with Gasteiger partial charge in [0.05, 0.1) is 5.69 Å². The first-order chi connectivity index (χ1) is 7.36. The van der Waals surface area contributed by atoms with E-state index < -0.39 is 0 Å². The van der Waals surface area contributed by atoms with Crippen molar-refractivity contribution in [2.45, 2.75) is 13.5 Å². The van der Waals surface area contributed by atoms with E-state index in [9.17, 15) is 0 Å². The zero-order valence-corrected chi connectivity index (χ0v) is 10.0. The van der Waals surface area contributed by atoms with Gasteiger partial charge >= 0.3 is 0 Å². The van der Waals surface area contributed by atoms with Crippen LogP contribution < -0.4 is 0 Å². The van der Waals surface area contributed by atoms with E-state index in [1.807, 2.05) is 18.3 Å². The summed E-state index contributed by atoms with van der Waals surface area (Å²) < 4.78 is 0. The molecule has 2 nitrogen and oxygen atoms in total. The highest BCUT2D eigenvalue weighted by Gasteiger charge is 2.01. The third-order valence-corrected chi connectivity index (χ3v) is 2.41. The number of hydrogen-bond donors (Lipinski definition) is 1. The Morgan fingerprint density at radius 3 is 2.87 bits per heavy atom. The second-order valence-electron chi connectivity index (χ2n) is 3.30. The fraction of sp³-hybridized carbons (Fsp3) is 0.417. The number of pyridine rings is 1. The van der Waals surface area contributed by atoms with Crippen LogP contribution in [-0.4, -0.2) is 28.7 Å². The maximum Gasteiger partial charge on any atom is 0.0544 e. The van der Waals surface area contributed by atoms with Crippen LogP contribution in [0.4, 0.5) is 0 Å². The fourth-order valence-electron chi connectivity index (χ4n) is 1.32. The van der Waals surface area contributed by atoms with E-state index in [1.165, 1.54) is 0 Å². The lowest BCUT2D eigenvalue weighted by Gasteiger charge is -2.17. The molecule has 0 N–H and O–H groups in total. The van der Waals surface area contributed by atoms with E-state index in [2.05, 4.69) is 47.7 Å². The molecule has 1 rings (SSSR count). The summed E-state index contributed by atoms with van der Waals surface area (Å²) >= 11 is 4.13. The van der Waals surface area contributed by atoms with Crippen LogP contribution in [0.2, 0.25) is 0 Å². The Bertz CT molecular complexity index is 285. The van der Waals surface area contributed by atoms with Crippen LogP contribution in [0.15, 0.2) is 36.5 Å². The molecule has 0 saturated carbocycles. The first-order valence-electron chi connectivity index (χ1n) is 5.25. The molecule has 1 aromatic rings. The smallest absolute Gasteiger partial charge is 0.0544 e. The molecule has 1 heterocycles. The molecule has 0 spiro atoms. The quantitative estimate of drug-likeness (QED) is 0.587. The third kappa shape index (κ3) is 5.00. The number of rotatable bonds is 6. The van der Waals surface area contributed by atoms with Crippen molar-refractivity contribution in [3.05, 3.63) is 42.2 Å². The van der Waals surface area contributed by atoms with Gasteiger partial charge in [0.1, 0.15) is 0 Å². The lowest BCUT2D eigenvalue weighted by Crippen LogP contribution is -2.23. The van der Waals surface area contributed by atoms with Gasteiger partial charge < -0.3 is 0 Å². The van der Waals surface area contributed by atoms with Gasteiger partial charge in [-0.05, 0) is 18.7 Å². The van der Waals surface area contributed by atoms with Gasteiger partial charge in [0.15, 0.2) is 0 Å². The summed E-state index contributed by atoms with van der Waals surface area (Å²) in [4.78, 5) is 6.65. The molecule has 0 fully saturated rings. The molecule has 1 aromatic heterocycles. The van der Waals surface area contributed by atoms with Gasteiger partial charge in [0, 0.05) is 25.0 Å². The molecule has 0 aliphatic carbocycles. The van der Waals surface area contributed by atoms with Crippen molar-refractivity contribution in [3.63, 3.8) is 0 Å². The third-order valence-electron chi connectivity index (χ3n) is 2.19. The van der Waals surface area contributed by atoms with Gasteiger partial charge in [-0.1, -0.05) is 25.1 Å². The Kier molecular flexibility index (Phi) is 6.12. The van der Waals surface area contributed by atoms with Gasteiger partial charge in [0.25, 0.3) is 0 Å². The van der Waals surface area contributed by atoms with E-state index in [-0.39, 0.29) is 0 Å². The van der Waals surface area contributed by atoms with Gasteiger partial charge in [-0.25, -0.2) is 0 Å². The van der Waals surface area contributed by atoms with Gasteiger partial charge in [-0.3, -0.25) is 9.88 Å². The highest BCUT2D eigenvalue weighted by atomic mass is 32.1. The second kappa shape index (κ2) is 7.49. The Morgan fingerprint density at radius 2 is 2.27 bits per heavy atom. The molecule has 0 amide bonds. The normalized spacial score (nSPS) is 11.4. The van der Waals surface area contributed by atoms with E-state index >= 15 is 0 Å². The molecule has 0 unspecified atom stereocenters. The van der Waals surface area contributed by atoms with Crippen molar-refractivity contribution in [2.75, 3.05) is 18.8 Å². The van der Waals surface area contributed by atoms with Crippen LogP contribution in [-0.2, 0) is 6.54 Å². The van der Waals surface area contributed by atoms with Crippen molar-refractivity contribution in [1.82, 2.24) is 9.88 Å². The first-order valence-corrected chi connectivity index (χ1v) is 5.88. The lowest BCUT2D eigenvalue weighted by atomic mass is 10.3. The molecule has 0 aromatic carbocycles. The summed E-state index contributed by atoms with van der Waals surface area (Å²) in [5.41, 5.74) is 1.12. The minimum absolute atomic E-state index is 0.807. The van der Waals surface area contributed by atoms with Crippen LogP contribution in [0.5, 0.6) is 0 Å². The maximum atomic E-state index is 4.31. The average molecular weight is 222 g/mol. The molecule has 0 aliphatic heterocycles. The number of hydrogen-bond acceptors (Lipinski definition) is 3. The van der Waals surface area contributed by atoms with E-state index in [0.29, 0.717) is 0 Å². The molecule has 0 bridgehead atoms. The van der Waals surface area contributed by atoms with Crippen molar-refractivity contribution in [3.8, 4) is 0 Å². The predicted octanol–water partition coefficient (Wildman–Crippen LogP) is 2.39. The Balaban J connectivity index is 2.43. The topological polar surface area (TPSA) is 16.1 Å². The van der Waals surface area contributed by atoms with Crippen LogP contribution in [0, 0.1) is 0 Å². The highest BCUT2D eigenvalue weighted by molar-refractivity contribution is 7.80. The molecule has 15 heavy (non-hydrogen) atoms. The summed E-state index contributed by atoms with van der Waals surface area (Å²) in [5.74, 6) is 0.807. The molecule has 0 aliphatic rings. The molecule has 0 saturated heterocycles. The second-order valence-corrected chi connectivity index (χ2v) is 3.67. The minimum Gasteiger partial charge on any atom is -0.294 e. The maximum absolute atomic E-state index is 4.31. The number of likely N-dealkylation sites (N-methyl/N-ethyl adjacent to an activating group) is 1. The molecular weight excluding hydrogens is 204 g/mol. The van der Waals surface area contributed by atoms with E-state index in [4.69, 9.17) is 0 Å². The summed E-state index contributed by atoms with van der Waals surface area (Å²) in [6.45, 7) is 5.08. The van der Waals surface area contributed by atoms with Crippen LogP contribution in [0.25, 0.3) is 0 Å².